The minimum atomic E-state index is -3.16. The Kier molecular flexibility index (Phi) is 6.50. The van der Waals surface area contributed by atoms with E-state index in [-0.39, 0.29) is 30.7 Å². The Morgan fingerprint density at radius 3 is 2.58 bits per heavy atom. The van der Waals surface area contributed by atoms with Crippen LogP contribution < -0.4 is 9.64 Å². The SMILES string of the molecule is CS(=O)(=O)Cc1cccc(N2C=NC(c3cc(F)ccc3OCc3ccccc3F)=NC2)c1. The van der Waals surface area contributed by atoms with E-state index in [1.54, 1.807) is 47.6 Å². The van der Waals surface area contributed by atoms with Gasteiger partial charge < -0.3 is 9.64 Å². The molecule has 3 aromatic carbocycles. The molecule has 0 aliphatic carbocycles. The first-order chi connectivity index (χ1) is 15.8. The maximum absolute atomic E-state index is 14.0. The van der Waals surface area contributed by atoms with Gasteiger partial charge in [0.05, 0.1) is 17.7 Å². The highest BCUT2D eigenvalue weighted by atomic mass is 32.2. The molecule has 33 heavy (non-hydrogen) atoms. The smallest absolute Gasteiger partial charge is 0.161 e. The second-order valence-corrected chi connectivity index (χ2v) is 9.74. The molecule has 0 amide bonds. The summed E-state index contributed by atoms with van der Waals surface area (Å²) in [4.78, 5) is 10.5. The Balaban J connectivity index is 1.52. The number of nitrogens with zero attached hydrogens (tertiary/aromatic N) is 3. The minimum Gasteiger partial charge on any atom is -0.488 e. The molecule has 0 unspecified atom stereocenters. The van der Waals surface area contributed by atoms with Crippen molar-refractivity contribution in [1.82, 2.24) is 0 Å². The molecule has 6 nitrogen and oxygen atoms in total. The van der Waals surface area contributed by atoms with Crippen LogP contribution in [0.4, 0.5) is 14.5 Å². The van der Waals surface area contributed by atoms with Crippen LogP contribution in [0.5, 0.6) is 5.75 Å². The lowest BCUT2D eigenvalue weighted by atomic mass is 10.1. The number of amidine groups is 1. The molecule has 0 spiro atoms. The molecule has 0 fully saturated rings. The van der Waals surface area contributed by atoms with Gasteiger partial charge in [0.15, 0.2) is 15.7 Å². The number of hydrogen-bond acceptors (Lipinski definition) is 6. The Morgan fingerprint density at radius 2 is 1.85 bits per heavy atom. The van der Waals surface area contributed by atoms with Gasteiger partial charge in [-0.1, -0.05) is 30.3 Å². The Labute approximate surface area is 190 Å². The highest BCUT2D eigenvalue weighted by molar-refractivity contribution is 7.89. The summed E-state index contributed by atoms with van der Waals surface area (Å²) in [5.41, 5.74) is 2.13. The van der Waals surface area contributed by atoms with E-state index < -0.39 is 15.7 Å². The summed E-state index contributed by atoms with van der Waals surface area (Å²) in [6, 6.07) is 17.4. The number of anilines is 1. The molecule has 0 bridgehead atoms. The molecule has 0 saturated heterocycles. The van der Waals surface area contributed by atoms with Crippen molar-refractivity contribution in [3.63, 3.8) is 0 Å². The molecule has 1 aliphatic heterocycles. The van der Waals surface area contributed by atoms with Crippen molar-refractivity contribution in [2.24, 2.45) is 9.98 Å². The molecule has 0 N–H and O–H groups in total. The maximum Gasteiger partial charge on any atom is 0.161 e. The van der Waals surface area contributed by atoms with Gasteiger partial charge in [0.25, 0.3) is 0 Å². The molecule has 0 aromatic heterocycles. The van der Waals surface area contributed by atoms with E-state index in [0.29, 0.717) is 22.4 Å². The second kappa shape index (κ2) is 9.50. The van der Waals surface area contributed by atoms with Crippen molar-refractivity contribution in [3.8, 4) is 5.75 Å². The van der Waals surface area contributed by atoms with Crippen molar-refractivity contribution in [3.05, 3.63) is 95.1 Å². The standard InChI is InChI=1S/C24H21F2N3O3S/c1-33(30,31)14-17-5-4-7-20(11-17)29-15-27-24(28-16-29)21-12-19(25)9-10-23(21)32-13-18-6-2-3-8-22(18)26/h2-12,15H,13-14,16H2,1H3. The van der Waals surface area contributed by atoms with Crippen molar-refractivity contribution in [1.29, 1.82) is 0 Å². The quantitative estimate of drug-likeness (QED) is 0.516. The maximum atomic E-state index is 14.0. The van der Waals surface area contributed by atoms with Gasteiger partial charge in [0.1, 0.15) is 30.7 Å². The molecule has 1 aliphatic rings. The minimum absolute atomic E-state index is 0.0262. The molecule has 3 aromatic rings. The average molecular weight is 470 g/mol. The van der Waals surface area contributed by atoms with E-state index in [0.717, 1.165) is 5.69 Å². The number of aliphatic imine (C=N–C) groups is 2. The summed E-state index contributed by atoms with van der Waals surface area (Å²) in [6.45, 7) is 0.173. The van der Waals surface area contributed by atoms with E-state index in [2.05, 4.69) is 9.98 Å². The van der Waals surface area contributed by atoms with E-state index in [1.165, 1.54) is 30.5 Å². The van der Waals surface area contributed by atoms with Crippen molar-refractivity contribution in [2.45, 2.75) is 12.4 Å². The first-order valence-electron chi connectivity index (χ1n) is 10.1. The normalized spacial score (nSPS) is 13.7. The summed E-state index contributed by atoms with van der Waals surface area (Å²) in [6.07, 6.45) is 2.73. The molecule has 4 rings (SSSR count). The van der Waals surface area contributed by atoms with Gasteiger partial charge in [-0.15, -0.1) is 0 Å². The van der Waals surface area contributed by atoms with E-state index in [4.69, 9.17) is 4.74 Å². The number of hydrogen-bond donors (Lipinski definition) is 0. The first kappa shape index (κ1) is 22.6. The van der Waals surface area contributed by atoms with Gasteiger partial charge in [-0.2, -0.15) is 0 Å². The van der Waals surface area contributed by atoms with Crippen LogP contribution in [0.15, 0.2) is 76.7 Å². The Bertz CT molecular complexity index is 1340. The fourth-order valence-electron chi connectivity index (χ4n) is 3.35. The molecule has 170 valence electrons. The van der Waals surface area contributed by atoms with Crippen LogP contribution in [0.1, 0.15) is 16.7 Å². The van der Waals surface area contributed by atoms with Crippen LogP contribution in [0.3, 0.4) is 0 Å². The van der Waals surface area contributed by atoms with Crippen molar-refractivity contribution < 1.29 is 21.9 Å². The fraction of sp³-hybridized carbons (Fsp3) is 0.167. The van der Waals surface area contributed by atoms with Gasteiger partial charge >= 0.3 is 0 Å². The van der Waals surface area contributed by atoms with Crippen LogP contribution in [-0.4, -0.2) is 33.5 Å². The largest absolute Gasteiger partial charge is 0.488 e. The molecule has 0 atom stereocenters. The molecule has 0 radical (unpaired) electrons. The highest BCUT2D eigenvalue weighted by Crippen LogP contribution is 2.25. The zero-order chi connectivity index (χ0) is 23.4. The van der Waals surface area contributed by atoms with Gasteiger partial charge in [0, 0.05) is 17.5 Å². The highest BCUT2D eigenvalue weighted by Gasteiger charge is 2.17. The summed E-state index contributed by atoms with van der Waals surface area (Å²) in [5.74, 6) is -0.312. The third kappa shape index (κ3) is 5.81. The van der Waals surface area contributed by atoms with Gasteiger partial charge in [-0.3, -0.25) is 0 Å². The predicted molar refractivity (Wildman–Crippen MR) is 124 cm³/mol. The number of benzene rings is 3. The van der Waals surface area contributed by atoms with Crippen LogP contribution >= 0.6 is 0 Å². The van der Waals surface area contributed by atoms with Crippen LogP contribution in [0.2, 0.25) is 0 Å². The summed E-state index contributed by atoms with van der Waals surface area (Å²) < 4.78 is 56.8. The van der Waals surface area contributed by atoms with Crippen LogP contribution in [0, 0.1) is 11.6 Å². The Morgan fingerprint density at radius 1 is 1.03 bits per heavy atom. The summed E-state index contributed by atoms with van der Waals surface area (Å²) in [5, 5.41) is 0. The van der Waals surface area contributed by atoms with E-state index >= 15 is 0 Å². The number of sulfone groups is 1. The van der Waals surface area contributed by atoms with E-state index in [1.807, 2.05) is 6.07 Å². The average Bonchev–Trinajstić information content (AvgIpc) is 2.78. The van der Waals surface area contributed by atoms with Gasteiger partial charge in [-0.05, 0) is 42.0 Å². The van der Waals surface area contributed by atoms with Crippen molar-refractivity contribution >= 4 is 27.7 Å². The molecule has 0 saturated carbocycles. The van der Waals surface area contributed by atoms with Gasteiger partial charge in [-0.25, -0.2) is 27.2 Å². The molecular weight excluding hydrogens is 448 g/mol. The zero-order valence-corrected chi connectivity index (χ0v) is 18.6. The predicted octanol–water partition coefficient (Wildman–Crippen LogP) is 4.34. The second-order valence-electron chi connectivity index (χ2n) is 7.60. The van der Waals surface area contributed by atoms with Gasteiger partial charge in [0.2, 0.25) is 0 Å². The molecular formula is C24H21F2N3O3S. The monoisotopic (exact) mass is 469 g/mol. The lowest BCUT2D eigenvalue weighted by molar-refractivity contribution is 0.299. The molecule has 1 heterocycles. The number of rotatable bonds is 7. The zero-order valence-electron chi connectivity index (χ0n) is 17.8. The summed E-state index contributed by atoms with van der Waals surface area (Å²) >= 11 is 0. The van der Waals surface area contributed by atoms with E-state index in [9.17, 15) is 17.2 Å². The topological polar surface area (TPSA) is 71.3 Å². The third-order valence-corrected chi connectivity index (χ3v) is 5.74. The molecule has 9 heteroatoms. The lowest BCUT2D eigenvalue weighted by Gasteiger charge is -2.22. The van der Waals surface area contributed by atoms with Crippen molar-refractivity contribution in [2.75, 3.05) is 17.8 Å². The first-order valence-corrected chi connectivity index (χ1v) is 12.1. The third-order valence-electron chi connectivity index (χ3n) is 4.89. The number of halogens is 2. The van der Waals surface area contributed by atoms with Crippen LogP contribution in [-0.2, 0) is 22.2 Å². The number of ether oxygens (including phenoxy) is 1. The summed E-state index contributed by atoms with van der Waals surface area (Å²) in [7, 11) is -3.16. The fourth-order valence-corrected chi connectivity index (χ4v) is 4.13. The Hall–Kier alpha value is -3.59. The lowest BCUT2D eigenvalue weighted by Crippen LogP contribution is -2.27. The van der Waals surface area contributed by atoms with Crippen LogP contribution in [0.25, 0.3) is 0 Å².